The maximum absolute atomic E-state index is 13.9. The highest BCUT2D eigenvalue weighted by molar-refractivity contribution is 7.92. The first-order chi connectivity index (χ1) is 21.7. The van der Waals surface area contributed by atoms with Crippen LogP contribution in [0.5, 0.6) is 5.75 Å². The van der Waals surface area contributed by atoms with Crippen molar-refractivity contribution in [2.24, 2.45) is 22.1 Å². The van der Waals surface area contributed by atoms with Crippen molar-refractivity contribution in [1.29, 1.82) is 0 Å². The zero-order chi connectivity index (χ0) is 31.3. The average Bonchev–Trinajstić information content (AvgIpc) is 3.65. The van der Waals surface area contributed by atoms with Crippen LogP contribution in [0, 0.1) is 17.8 Å². The fraction of sp³-hybridized carbons (Fsp3) is 0.529. The molecule has 45 heavy (non-hydrogen) atoms. The van der Waals surface area contributed by atoms with Gasteiger partial charge in [-0.1, -0.05) is 29.8 Å². The summed E-state index contributed by atoms with van der Waals surface area (Å²) in [5.74, 6) is 1.39. The summed E-state index contributed by atoms with van der Waals surface area (Å²) in [4.78, 5) is 28.4. The Morgan fingerprint density at radius 1 is 1.22 bits per heavy atom. The third-order valence-electron chi connectivity index (χ3n) is 10.5. The van der Waals surface area contributed by atoms with Crippen molar-refractivity contribution in [1.82, 2.24) is 10.0 Å². The zero-order valence-electron chi connectivity index (χ0n) is 25.8. The lowest BCUT2D eigenvalue weighted by atomic mass is 9.70. The number of anilines is 1. The van der Waals surface area contributed by atoms with Crippen molar-refractivity contribution in [3.8, 4) is 5.75 Å². The van der Waals surface area contributed by atoms with Crippen LogP contribution < -0.4 is 19.7 Å². The third kappa shape index (κ3) is 5.52. The minimum absolute atomic E-state index is 0.0214. The van der Waals surface area contributed by atoms with E-state index in [4.69, 9.17) is 21.1 Å². The van der Waals surface area contributed by atoms with Crippen LogP contribution in [0.3, 0.4) is 0 Å². The molecule has 3 aliphatic carbocycles. The summed E-state index contributed by atoms with van der Waals surface area (Å²) < 4.78 is 33.3. The van der Waals surface area contributed by atoms with Gasteiger partial charge in [-0.15, -0.1) is 4.36 Å². The summed E-state index contributed by atoms with van der Waals surface area (Å²) in [5.41, 5.74) is 3.62. The number of halogens is 1. The van der Waals surface area contributed by atoms with Gasteiger partial charge in [0.25, 0.3) is 5.91 Å². The van der Waals surface area contributed by atoms with Crippen LogP contribution in [0.1, 0.15) is 60.5 Å². The van der Waals surface area contributed by atoms with Gasteiger partial charge in [0.1, 0.15) is 21.8 Å². The lowest BCUT2D eigenvalue weighted by Gasteiger charge is -2.44. The van der Waals surface area contributed by atoms with Crippen molar-refractivity contribution < 1.29 is 23.3 Å². The van der Waals surface area contributed by atoms with Crippen LogP contribution in [-0.4, -0.2) is 60.9 Å². The SMILES string of the molecule is CCNC(=O)NS1(=O)=NC(=O)c2ccc3c(c2)N(C[C@@H]2CC[C@H]2[C@@H](OC)/C=C/CCC1)C[C@@]12c4ccc(Cl)cc4CCC1C2O3. The Morgan fingerprint density at radius 2 is 2.09 bits per heavy atom. The summed E-state index contributed by atoms with van der Waals surface area (Å²) in [6.45, 7) is 3.71. The first-order valence-corrected chi connectivity index (χ1v) is 18.2. The number of urea groups is 1. The monoisotopic (exact) mass is 652 g/mol. The maximum Gasteiger partial charge on any atom is 0.327 e. The summed E-state index contributed by atoms with van der Waals surface area (Å²) in [5, 5.41) is 3.36. The fourth-order valence-corrected chi connectivity index (χ4v) is 9.89. The molecular formula is C34H41ClN4O5S. The first-order valence-electron chi connectivity index (χ1n) is 16.1. The van der Waals surface area contributed by atoms with E-state index >= 15 is 0 Å². The molecule has 2 N–H and O–H groups in total. The highest BCUT2D eigenvalue weighted by atomic mass is 35.5. The van der Waals surface area contributed by atoms with E-state index in [-0.39, 0.29) is 23.4 Å². The minimum Gasteiger partial charge on any atom is -0.487 e. The summed E-state index contributed by atoms with van der Waals surface area (Å²) in [6.07, 6.45) is 9.55. The molecule has 2 aliphatic heterocycles. The molecular weight excluding hydrogens is 612 g/mol. The second kappa shape index (κ2) is 11.9. The Hall–Kier alpha value is -3.08. The molecule has 7 atom stereocenters. The Balaban J connectivity index is 1.31. The number of benzene rings is 2. The van der Waals surface area contributed by atoms with Gasteiger partial charge in [-0.3, -0.25) is 9.52 Å². The molecule has 2 aromatic carbocycles. The molecule has 7 rings (SSSR count). The number of ether oxygens (including phenoxy) is 2. The van der Waals surface area contributed by atoms with Crippen LogP contribution in [0.25, 0.3) is 0 Å². The van der Waals surface area contributed by atoms with Gasteiger partial charge in [0, 0.05) is 43.2 Å². The topological polar surface area (TPSA) is 109 Å². The first kappa shape index (κ1) is 30.6. The second-order valence-corrected chi connectivity index (χ2v) is 15.6. The quantitative estimate of drug-likeness (QED) is 0.415. The van der Waals surface area contributed by atoms with Gasteiger partial charge in [0.05, 0.1) is 23.0 Å². The number of allylic oxidation sites excluding steroid dienone is 1. The number of nitrogens with zero attached hydrogens (tertiary/aromatic N) is 2. The van der Waals surface area contributed by atoms with Crippen LogP contribution in [0.2, 0.25) is 5.02 Å². The predicted octanol–water partition coefficient (Wildman–Crippen LogP) is 5.65. The van der Waals surface area contributed by atoms with Gasteiger partial charge in [0.15, 0.2) is 0 Å². The van der Waals surface area contributed by atoms with Crippen molar-refractivity contribution in [2.45, 2.75) is 63.1 Å². The van der Waals surface area contributed by atoms with E-state index in [2.05, 4.69) is 43.6 Å². The molecule has 0 saturated heterocycles. The molecule has 9 nitrogen and oxygen atoms in total. The normalized spacial score (nSPS) is 34.2. The van der Waals surface area contributed by atoms with Gasteiger partial charge in [0.2, 0.25) is 0 Å². The summed E-state index contributed by atoms with van der Waals surface area (Å²) in [7, 11) is -1.61. The average molecular weight is 653 g/mol. The number of nitrogens with one attached hydrogen (secondary N) is 2. The van der Waals surface area contributed by atoms with E-state index in [0.717, 1.165) is 55.2 Å². The van der Waals surface area contributed by atoms with Crippen LogP contribution in [0.4, 0.5) is 10.5 Å². The summed E-state index contributed by atoms with van der Waals surface area (Å²) >= 11 is 6.43. The largest absolute Gasteiger partial charge is 0.487 e. The van der Waals surface area contributed by atoms with Gasteiger partial charge >= 0.3 is 6.03 Å². The molecule has 5 aliphatic rings. The maximum atomic E-state index is 13.9. The molecule has 3 amide bonds. The number of aryl methyl sites for hydroxylation is 1. The van der Waals surface area contributed by atoms with E-state index in [1.165, 1.54) is 11.1 Å². The minimum atomic E-state index is -3.37. The molecule has 3 unspecified atom stereocenters. The Morgan fingerprint density at radius 3 is 2.87 bits per heavy atom. The van der Waals surface area contributed by atoms with E-state index in [0.29, 0.717) is 42.7 Å². The summed E-state index contributed by atoms with van der Waals surface area (Å²) in [6, 6.07) is 11.1. The third-order valence-corrected chi connectivity index (χ3v) is 12.6. The Kier molecular flexibility index (Phi) is 8.11. The standard InChI is InChI=1S/C34H41ClN4O5S/c1-3-36-33(41)38-45(42)16-6-4-5-7-29(43-2)25-12-8-23(25)19-39-20-34-26-14-11-24(35)17-21(26)9-13-27(34)31(34)44-30-15-10-22(18-28(30)39)32(40)37-45/h5,7,10-11,14-15,17-18,23,25,27,29,31H,3-4,6,8-9,12-13,16,19-20H2,1-2H3,(H2,36,37,38,40,41,42)/b7-5+/t23-,25+,27?,29-,31?,34+,45?/m0/s1. The van der Waals surface area contributed by atoms with Crippen LogP contribution >= 0.6 is 11.6 Å². The van der Waals surface area contributed by atoms with Crippen LogP contribution in [-0.2, 0) is 26.5 Å². The van der Waals surface area contributed by atoms with Gasteiger partial charge in [-0.25, -0.2) is 9.00 Å². The molecule has 2 fully saturated rings. The number of amides is 3. The molecule has 2 heterocycles. The number of methoxy groups -OCH3 is 1. The van der Waals surface area contributed by atoms with Crippen LogP contribution in [0.15, 0.2) is 52.9 Å². The second-order valence-electron chi connectivity index (χ2n) is 13.1. The van der Waals surface area contributed by atoms with Gasteiger partial charge in [-0.2, -0.15) is 0 Å². The van der Waals surface area contributed by atoms with Gasteiger partial charge < -0.3 is 19.7 Å². The number of rotatable bonds is 3. The zero-order valence-corrected chi connectivity index (χ0v) is 27.4. The van der Waals surface area contributed by atoms with E-state index in [1.54, 1.807) is 20.1 Å². The molecule has 2 bridgehead atoms. The van der Waals surface area contributed by atoms with Crippen molar-refractivity contribution in [3.63, 3.8) is 0 Å². The molecule has 11 heteroatoms. The van der Waals surface area contributed by atoms with Crippen molar-refractivity contribution >= 4 is 39.1 Å². The van der Waals surface area contributed by atoms with E-state index in [1.807, 2.05) is 18.2 Å². The molecule has 240 valence electrons. The number of fused-ring (bicyclic) bond motifs is 4. The fourth-order valence-electron chi connectivity index (χ4n) is 8.16. The molecule has 1 spiro atoms. The lowest BCUT2D eigenvalue weighted by Crippen LogP contribution is -2.46. The smallest absolute Gasteiger partial charge is 0.327 e. The Labute approximate surface area is 270 Å². The van der Waals surface area contributed by atoms with Crippen molar-refractivity contribution in [2.75, 3.05) is 37.4 Å². The number of carbonyl (C=O) groups is 2. The lowest BCUT2D eigenvalue weighted by molar-refractivity contribution is 0.0134. The molecule has 2 aromatic rings. The Bertz CT molecular complexity index is 1670. The number of carbonyl (C=O) groups excluding carboxylic acids is 2. The predicted molar refractivity (Wildman–Crippen MR) is 175 cm³/mol. The van der Waals surface area contributed by atoms with Crippen molar-refractivity contribution in [3.05, 3.63) is 70.3 Å². The molecule has 2 saturated carbocycles. The molecule has 0 radical (unpaired) electrons. The highest BCUT2D eigenvalue weighted by Crippen LogP contribution is 2.64. The van der Waals surface area contributed by atoms with Gasteiger partial charge in [-0.05, 0) is 98.7 Å². The van der Waals surface area contributed by atoms with E-state index in [9.17, 15) is 13.8 Å². The number of hydrogen-bond acceptors (Lipinski definition) is 6. The number of hydrogen-bond donors (Lipinski definition) is 2. The van der Waals surface area contributed by atoms with E-state index < -0.39 is 21.9 Å². The highest BCUT2D eigenvalue weighted by Gasteiger charge is 2.70. The molecule has 0 aromatic heterocycles.